The first-order valence-electron chi connectivity index (χ1n) is 11.8. The molecule has 0 aliphatic carbocycles. The van der Waals surface area contributed by atoms with Crippen molar-refractivity contribution in [3.8, 4) is 0 Å². The first-order valence-corrected chi connectivity index (χ1v) is 11.8. The van der Waals surface area contributed by atoms with Crippen LogP contribution < -0.4 is 0 Å². The van der Waals surface area contributed by atoms with Gasteiger partial charge in [0.15, 0.2) is 0 Å². The number of alkyl halides is 5. The Morgan fingerprint density at radius 1 is 0.531 bits per heavy atom. The van der Waals surface area contributed by atoms with Crippen molar-refractivity contribution in [3.63, 3.8) is 0 Å². The molecule has 0 fully saturated rings. The summed E-state index contributed by atoms with van der Waals surface area (Å²) in [5, 5.41) is 63.2. The zero-order valence-corrected chi connectivity index (χ0v) is 44.9. The van der Waals surface area contributed by atoms with Gasteiger partial charge >= 0.3 is 12.2 Å². The van der Waals surface area contributed by atoms with Crippen molar-refractivity contribution in [3.05, 3.63) is 19.3 Å². The van der Waals surface area contributed by atoms with E-state index in [1.165, 1.54) is 0 Å². The molecule has 0 heterocycles. The van der Waals surface area contributed by atoms with Crippen molar-refractivity contribution in [1.82, 2.24) is 0 Å². The summed E-state index contributed by atoms with van der Waals surface area (Å²) in [6, 6.07) is 0. The Hall–Kier alpha value is -4.36. The molecule has 0 rings (SSSR count). The van der Waals surface area contributed by atoms with Crippen LogP contribution in [0.5, 0.6) is 0 Å². The summed E-state index contributed by atoms with van der Waals surface area (Å²) >= 11 is 0. The maximum absolute atomic E-state index is 11.7. The molecule has 0 bridgehead atoms. The van der Waals surface area contributed by atoms with E-state index in [2.05, 4.69) is 23.7 Å². The Bertz CT molecular complexity index is 598. The van der Waals surface area contributed by atoms with Crippen LogP contribution in [0.3, 0.4) is 0 Å². The van der Waals surface area contributed by atoms with Crippen LogP contribution in [0, 0.1) is 19.3 Å². The monoisotopic (exact) mass is 1530 g/mol. The molecule has 0 saturated heterocycles. The maximum Gasteiger partial charge on any atom is 0.376 e. The van der Waals surface area contributed by atoms with Gasteiger partial charge in [0.25, 0.3) is 0 Å². The van der Waals surface area contributed by atoms with Crippen LogP contribution in [0.25, 0.3) is 0 Å². The van der Waals surface area contributed by atoms with E-state index < -0.39 is 116 Å². The molecule has 0 radical (unpaired) electrons. The Balaban J connectivity index is -0.0000000766. The van der Waals surface area contributed by atoms with Crippen LogP contribution in [-0.4, -0.2) is 158 Å². The van der Waals surface area contributed by atoms with Crippen molar-refractivity contribution in [2.45, 2.75) is 30.5 Å². The smallest absolute Gasteiger partial charge is 0.376 e. The first-order chi connectivity index (χ1) is 21.2. The van der Waals surface area contributed by atoms with Gasteiger partial charge in [-0.05, 0) is 19.8 Å². The van der Waals surface area contributed by atoms with Gasteiger partial charge in [0.2, 0.25) is 0 Å². The molecule has 0 spiro atoms. The minimum absolute atomic E-state index is 0. The molecular formula is C21H37F12O13Rf3-3. The molecule has 0 aliphatic heterocycles. The van der Waals surface area contributed by atoms with Crippen molar-refractivity contribution in [2.75, 3.05) is 86.0 Å². The van der Waals surface area contributed by atoms with Crippen LogP contribution in [0.2, 0.25) is 0 Å². The van der Waals surface area contributed by atoms with Gasteiger partial charge < -0.3 is 85.8 Å². The van der Waals surface area contributed by atoms with Crippen molar-refractivity contribution in [2.24, 2.45) is 0 Å². The van der Waals surface area contributed by atoms with Gasteiger partial charge in [-0.2, -0.15) is 17.6 Å². The Morgan fingerprint density at radius 3 is 1.06 bits per heavy atom. The Labute approximate surface area is 254 Å². The zero-order valence-electron chi connectivity index (χ0n) is 25.7. The third-order valence-corrected chi connectivity index (χ3v) is 3.08. The normalized spacial score (nSPS) is 12.6. The average molecular weight is 1530 g/mol. The van der Waals surface area contributed by atoms with E-state index in [1.807, 2.05) is 0 Å². The number of halogens is 12. The molecule has 3 atom stereocenters. The molecule has 0 aromatic heterocycles. The van der Waals surface area contributed by atoms with Crippen molar-refractivity contribution in [1.29, 1.82) is 0 Å². The fourth-order valence-corrected chi connectivity index (χ4v) is 1.60. The second-order valence-corrected chi connectivity index (χ2v) is 7.47. The van der Waals surface area contributed by atoms with E-state index in [1.54, 1.807) is 0 Å². The molecule has 0 saturated carbocycles. The number of aliphatic hydroxyl groups excluding tert-OH is 5. The molecule has 28 heteroatoms. The summed E-state index contributed by atoms with van der Waals surface area (Å²) in [5.41, 5.74) is 0. The van der Waals surface area contributed by atoms with Crippen LogP contribution >= 0.6 is 0 Å². The minimum Gasteiger partial charge on any atom is -0.423 e. The average Bonchev–Trinajstić information content (AvgIpc) is 2.93. The van der Waals surface area contributed by atoms with Gasteiger partial charge in [0.05, 0.1) is 46.2 Å². The second-order valence-electron chi connectivity index (χ2n) is 7.47. The number of ether oxygens (including phenoxy) is 5. The predicted octanol–water partition coefficient (Wildman–Crippen LogP) is 0.384. The molecular weight excluding hydrogens is 1490 g/mol. The molecule has 0 aromatic carbocycles. The zero-order chi connectivity index (χ0) is 37.2. The summed E-state index contributed by atoms with van der Waals surface area (Å²) in [6.45, 7) is -8.37. The van der Waals surface area contributed by atoms with Gasteiger partial charge in [-0.1, -0.05) is 4.53 Å². The van der Waals surface area contributed by atoms with Crippen LogP contribution in [0.4, 0.5) is 52.8 Å². The Morgan fingerprint density at radius 2 is 0.816 bits per heavy atom. The van der Waals surface area contributed by atoms with E-state index in [9.17, 15) is 48.3 Å². The number of hydrogen-bond donors (Lipinski definition) is 8. The molecule has 292 valence electrons. The van der Waals surface area contributed by atoms with Gasteiger partial charge in [0.1, 0.15) is 38.2 Å². The quantitative estimate of drug-likeness (QED) is 0.0420. The number of aliphatic hydroxyl groups is 7. The summed E-state index contributed by atoms with van der Waals surface area (Å²) in [7, 11) is 0. The van der Waals surface area contributed by atoms with Crippen molar-refractivity contribution < 1.29 is 118 Å². The fraction of sp³-hybridized carbons (Fsp3) is 0.857. The second kappa shape index (κ2) is 41.7. The molecule has 0 aliphatic rings. The van der Waals surface area contributed by atoms with E-state index in [0.717, 1.165) is 0 Å². The number of rotatable bonds is 22. The standard InChI is InChI=1S/C7H11F4O4.C7H12F3O3.C5H10F2O4.C2H3F2O.FHO.3Rf/c8-6(9)3-14-1-5(12)2-15-4-7(10,11)13;8-1-2-12-3-6(11)4-13-5-7(9)10;6-5(7,10)3-11-2-4(9)1-8;3-2(4)1-5;1-2;;;/h5,12-13H,1-4H2;6,11H,1-5H2;4,8-10H,1-3H2;5H,1H2;2H;;;/q2*-1;;-1;;;;. The third kappa shape index (κ3) is 80.6. The largest absolute Gasteiger partial charge is 0.423 e. The summed E-state index contributed by atoms with van der Waals surface area (Å²) < 4.78 is 155. The van der Waals surface area contributed by atoms with Gasteiger partial charge in [0, 0.05) is 19.3 Å². The summed E-state index contributed by atoms with van der Waals surface area (Å²) in [5.74, 6) is 0. The third-order valence-electron chi connectivity index (χ3n) is 3.08. The van der Waals surface area contributed by atoms with Crippen LogP contribution in [-0.2, 0) is 23.7 Å². The fourth-order valence-electron chi connectivity index (χ4n) is 1.60. The van der Waals surface area contributed by atoms with E-state index in [0.29, 0.717) is 0 Å². The molecule has 0 aromatic rings. The molecule has 13 nitrogen and oxygen atoms in total. The first kappa shape index (κ1) is 63.3. The summed E-state index contributed by atoms with van der Waals surface area (Å²) in [4.78, 5) is 0. The van der Waals surface area contributed by atoms with Crippen molar-refractivity contribution >= 4 is 0 Å². The number of hydrogen-bond acceptors (Lipinski definition) is 13. The van der Waals surface area contributed by atoms with Crippen LogP contribution in [0.1, 0.15) is 0 Å². The van der Waals surface area contributed by atoms with Gasteiger partial charge in [-0.3, -0.25) is 0 Å². The molecule has 8 N–H and O–H groups in total. The van der Waals surface area contributed by atoms with Gasteiger partial charge in [-0.25, -0.2) is 9.70 Å². The van der Waals surface area contributed by atoms with Crippen LogP contribution in [0.15, 0.2) is 0 Å². The summed E-state index contributed by atoms with van der Waals surface area (Å²) in [6.07, 6.45) is -17.1. The molecule has 49 heavy (non-hydrogen) atoms. The topological polar surface area (TPSA) is 208 Å². The van der Waals surface area contributed by atoms with E-state index in [-0.39, 0.29) is 19.8 Å². The van der Waals surface area contributed by atoms with E-state index >= 15 is 0 Å². The molecule has 0 amide bonds. The predicted molar refractivity (Wildman–Crippen MR) is 126 cm³/mol. The molecule has 3 unspecified atom stereocenters. The maximum atomic E-state index is 11.7. The van der Waals surface area contributed by atoms with E-state index in [4.69, 9.17) is 45.6 Å². The van der Waals surface area contributed by atoms with Gasteiger partial charge in [-0.15, -0.1) is 0 Å². The minimum atomic E-state index is -3.97. The SMILES string of the molecule is OC(COCCF)COC[C-](F)F.OC(COC[C-](F)F)COCC(O)(F)F.OCC(O)COCC(O)(F)F.OC[C-](F)F.OF.[Rf].[Rf].[Rf]. The Kier molecular flexibility index (Phi) is 53.8.